The number of ether oxygens (including phenoxy) is 1. The Balaban J connectivity index is 2.18. The number of aromatic nitrogens is 2. The number of rotatable bonds is 4. The van der Waals surface area contributed by atoms with Crippen LogP contribution in [0.2, 0.25) is 5.02 Å². The van der Waals surface area contributed by atoms with Crippen LogP contribution >= 0.6 is 11.6 Å². The molecular formula is C18H13ClN2O5. The number of aromatic amines is 1. The van der Waals surface area contributed by atoms with Crippen molar-refractivity contribution in [3.05, 3.63) is 85.5 Å². The number of nitrogens with zero attached hydrogens (tertiary/aromatic N) is 1. The van der Waals surface area contributed by atoms with Gasteiger partial charge in [0.1, 0.15) is 11.3 Å². The van der Waals surface area contributed by atoms with Gasteiger partial charge in [-0.15, -0.1) is 0 Å². The van der Waals surface area contributed by atoms with E-state index in [1.807, 2.05) is 0 Å². The zero-order valence-corrected chi connectivity index (χ0v) is 14.3. The second-order valence-corrected chi connectivity index (χ2v) is 5.76. The molecule has 0 bridgehead atoms. The summed E-state index contributed by atoms with van der Waals surface area (Å²) < 4.78 is 5.88. The number of benzene rings is 2. The van der Waals surface area contributed by atoms with Gasteiger partial charge in [0.15, 0.2) is 0 Å². The molecule has 0 atom stereocenters. The van der Waals surface area contributed by atoms with Gasteiger partial charge in [-0.05, 0) is 48.5 Å². The van der Waals surface area contributed by atoms with Gasteiger partial charge in [-0.2, -0.15) is 0 Å². The summed E-state index contributed by atoms with van der Waals surface area (Å²) in [7, 11) is 1.49. The maximum Gasteiger partial charge on any atom is 0.335 e. The molecule has 26 heavy (non-hydrogen) atoms. The lowest BCUT2D eigenvalue weighted by atomic mass is 10.1. The molecule has 0 spiro atoms. The lowest BCUT2D eigenvalue weighted by Crippen LogP contribution is -2.33. The van der Waals surface area contributed by atoms with Gasteiger partial charge in [0, 0.05) is 10.6 Å². The van der Waals surface area contributed by atoms with E-state index in [1.54, 1.807) is 12.1 Å². The average molecular weight is 373 g/mol. The zero-order valence-electron chi connectivity index (χ0n) is 13.5. The van der Waals surface area contributed by atoms with E-state index in [1.165, 1.54) is 43.5 Å². The number of aromatic hydroxyl groups is 1. The van der Waals surface area contributed by atoms with Crippen LogP contribution in [0.1, 0.15) is 15.9 Å². The summed E-state index contributed by atoms with van der Waals surface area (Å²) in [6, 6.07) is 12.0. The monoisotopic (exact) mass is 372 g/mol. The Morgan fingerprint density at radius 1 is 1.08 bits per heavy atom. The van der Waals surface area contributed by atoms with E-state index < -0.39 is 28.5 Å². The predicted octanol–water partition coefficient (Wildman–Crippen LogP) is 2.12. The Kier molecular flexibility index (Phi) is 4.64. The molecule has 0 amide bonds. The minimum absolute atomic E-state index is 0.148. The van der Waals surface area contributed by atoms with Crippen molar-refractivity contribution in [2.75, 3.05) is 7.11 Å². The van der Waals surface area contributed by atoms with Crippen LogP contribution in [-0.4, -0.2) is 27.6 Å². The highest BCUT2D eigenvalue weighted by Crippen LogP contribution is 2.21. The van der Waals surface area contributed by atoms with Gasteiger partial charge >= 0.3 is 5.69 Å². The SMILES string of the molecule is COc1ccc(-n2c(O)c(C(=O)c3ccc(Cl)cc3)c(=O)[nH]c2=O)cc1. The summed E-state index contributed by atoms with van der Waals surface area (Å²) in [4.78, 5) is 39.0. The Hall–Kier alpha value is -3.32. The fourth-order valence-corrected chi connectivity index (χ4v) is 2.57. The van der Waals surface area contributed by atoms with Gasteiger partial charge in [-0.1, -0.05) is 11.6 Å². The molecule has 132 valence electrons. The van der Waals surface area contributed by atoms with Crippen LogP contribution in [-0.2, 0) is 0 Å². The molecule has 2 aromatic carbocycles. The molecule has 0 aliphatic rings. The zero-order chi connectivity index (χ0) is 18.8. The number of hydrogen-bond donors (Lipinski definition) is 2. The Morgan fingerprint density at radius 2 is 1.69 bits per heavy atom. The second kappa shape index (κ2) is 6.89. The molecule has 0 saturated heterocycles. The maximum atomic E-state index is 12.6. The Labute approximate surface area is 152 Å². The largest absolute Gasteiger partial charge is 0.497 e. The summed E-state index contributed by atoms with van der Waals surface area (Å²) in [6.45, 7) is 0. The first kappa shape index (κ1) is 17.5. The molecule has 1 heterocycles. The van der Waals surface area contributed by atoms with E-state index in [0.29, 0.717) is 10.8 Å². The quantitative estimate of drug-likeness (QED) is 0.683. The van der Waals surface area contributed by atoms with E-state index in [9.17, 15) is 19.5 Å². The molecule has 7 nitrogen and oxygen atoms in total. The highest BCUT2D eigenvalue weighted by Gasteiger charge is 2.23. The summed E-state index contributed by atoms with van der Waals surface area (Å²) >= 11 is 5.79. The molecular weight excluding hydrogens is 360 g/mol. The van der Waals surface area contributed by atoms with Gasteiger partial charge in [-0.25, -0.2) is 9.36 Å². The number of carbonyl (C=O) groups is 1. The summed E-state index contributed by atoms with van der Waals surface area (Å²) in [5.74, 6) is -0.935. The maximum absolute atomic E-state index is 12.6. The third-order valence-corrected chi connectivity index (χ3v) is 4.00. The number of ketones is 1. The van der Waals surface area contributed by atoms with E-state index in [4.69, 9.17) is 16.3 Å². The Bertz CT molecular complexity index is 1080. The van der Waals surface area contributed by atoms with Crippen molar-refractivity contribution < 1.29 is 14.6 Å². The van der Waals surface area contributed by atoms with Crippen LogP contribution in [0.4, 0.5) is 0 Å². The number of nitrogens with one attached hydrogen (secondary N) is 1. The fourth-order valence-electron chi connectivity index (χ4n) is 2.45. The normalized spacial score (nSPS) is 10.5. The van der Waals surface area contributed by atoms with Crippen molar-refractivity contribution in [3.63, 3.8) is 0 Å². The first-order valence-corrected chi connectivity index (χ1v) is 7.83. The van der Waals surface area contributed by atoms with Crippen molar-refractivity contribution in [3.8, 4) is 17.3 Å². The minimum atomic E-state index is -0.975. The standard InChI is InChI=1S/C18H13ClN2O5/c1-26-13-8-6-12(7-9-13)21-17(24)14(16(23)20-18(21)25)15(22)10-2-4-11(19)5-3-10/h2-9,24H,1H3,(H,20,23,25). The molecule has 0 saturated carbocycles. The molecule has 8 heteroatoms. The molecule has 1 aromatic heterocycles. The van der Waals surface area contributed by atoms with Crippen LogP contribution < -0.4 is 16.0 Å². The van der Waals surface area contributed by atoms with Crippen molar-refractivity contribution in [1.29, 1.82) is 0 Å². The highest BCUT2D eigenvalue weighted by molar-refractivity contribution is 6.30. The molecule has 3 aromatic rings. The van der Waals surface area contributed by atoms with Crippen molar-refractivity contribution in [1.82, 2.24) is 9.55 Å². The molecule has 0 aliphatic carbocycles. The van der Waals surface area contributed by atoms with Gasteiger partial charge in [0.2, 0.25) is 11.7 Å². The molecule has 0 radical (unpaired) electrons. The van der Waals surface area contributed by atoms with Crippen LogP contribution in [0.25, 0.3) is 5.69 Å². The van der Waals surface area contributed by atoms with Crippen LogP contribution in [0.3, 0.4) is 0 Å². The van der Waals surface area contributed by atoms with Gasteiger partial charge < -0.3 is 9.84 Å². The summed E-state index contributed by atoms with van der Waals surface area (Å²) in [5, 5.41) is 10.9. The smallest absolute Gasteiger partial charge is 0.335 e. The number of halogens is 1. The molecule has 2 N–H and O–H groups in total. The lowest BCUT2D eigenvalue weighted by Gasteiger charge is -2.11. The van der Waals surface area contributed by atoms with Gasteiger partial charge in [0.25, 0.3) is 5.56 Å². The highest BCUT2D eigenvalue weighted by atomic mass is 35.5. The third-order valence-electron chi connectivity index (χ3n) is 3.75. The number of methoxy groups -OCH3 is 1. The van der Waals surface area contributed by atoms with E-state index in [-0.39, 0.29) is 11.3 Å². The summed E-state index contributed by atoms with van der Waals surface area (Å²) in [6.07, 6.45) is 0. The summed E-state index contributed by atoms with van der Waals surface area (Å²) in [5.41, 5.74) is -1.98. The Morgan fingerprint density at radius 3 is 2.27 bits per heavy atom. The van der Waals surface area contributed by atoms with E-state index in [2.05, 4.69) is 4.98 Å². The first-order chi connectivity index (χ1) is 12.4. The van der Waals surface area contributed by atoms with Crippen LogP contribution in [0.5, 0.6) is 11.6 Å². The molecule has 3 rings (SSSR count). The average Bonchev–Trinajstić information content (AvgIpc) is 2.62. The van der Waals surface area contributed by atoms with Crippen LogP contribution in [0, 0.1) is 0 Å². The van der Waals surface area contributed by atoms with Crippen molar-refractivity contribution in [2.45, 2.75) is 0 Å². The topological polar surface area (TPSA) is 101 Å². The minimum Gasteiger partial charge on any atom is -0.497 e. The number of H-pyrrole nitrogens is 1. The van der Waals surface area contributed by atoms with Gasteiger partial charge in [-0.3, -0.25) is 14.6 Å². The molecule has 0 unspecified atom stereocenters. The third kappa shape index (κ3) is 3.12. The second-order valence-electron chi connectivity index (χ2n) is 5.33. The predicted molar refractivity (Wildman–Crippen MR) is 95.8 cm³/mol. The molecule has 0 aliphatic heterocycles. The van der Waals surface area contributed by atoms with E-state index in [0.717, 1.165) is 4.57 Å². The lowest BCUT2D eigenvalue weighted by molar-refractivity contribution is 0.103. The number of carbonyl (C=O) groups excluding carboxylic acids is 1. The number of hydrogen-bond acceptors (Lipinski definition) is 5. The van der Waals surface area contributed by atoms with Crippen molar-refractivity contribution in [2.24, 2.45) is 0 Å². The van der Waals surface area contributed by atoms with Crippen LogP contribution in [0.15, 0.2) is 58.1 Å². The first-order valence-electron chi connectivity index (χ1n) is 7.45. The molecule has 0 fully saturated rings. The fraction of sp³-hybridized carbons (Fsp3) is 0.0556. The van der Waals surface area contributed by atoms with E-state index >= 15 is 0 Å². The van der Waals surface area contributed by atoms with Crippen molar-refractivity contribution >= 4 is 17.4 Å². The van der Waals surface area contributed by atoms with Gasteiger partial charge in [0.05, 0.1) is 12.8 Å².